The summed E-state index contributed by atoms with van der Waals surface area (Å²) in [5.74, 6) is -0.284. The number of carbonyl (C=O) groups excluding carboxylic acids is 3. The molecule has 6 nitrogen and oxygen atoms in total. The lowest BCUT2D eigenvalue weighted by molar-refractivity contribution is -0.141. The van der Waals surface area contributed by atoms with Crippen molar-refractivity contribution in [2.24, 2.45) is 0 Å². The zero-order valence-electron chi connectivity index (χ0n) is 15.4. The lowest BCUT2D eigenvalue weighted by Gasteiger charge is -2.34. The number of esters is 1. The molecule has 2 aliphatic rings. The molecule has 1 aromatic rings. The molecule has 0 saturated carbocycles. The highest BCUT2D eigenvalue weighted by molar-refractivity contribution is 6.07. The van der Waals surface area contributed by atoms with Gasteiger partial charge in [0.15, 0.2) is 0 Å². The van der Waals surface area contributed by atoms with Crippen molar-refractivity contribution in [2.45, 2.75) is 56.9 Å². The van der Waals surface area contributed by atoms with Gasteiger partial charge < -0.3 is 15.0 Å². The van der Waals surface area contributed by atoms with Gasteiger partial charge in [-0.1, -0.05) is 31.5 Å². The van der Waals surface area contributed by atoms with Gasteiger partial charge in [-0.2, -0.15) is 0 Å². The Morgan fingerprint density at radius 1 is 1.31 bits per heavy atom. The Bertz CT molecular complexity index is 718. The molecule has 2 atom stereocenters. The second-order valence-corrected chi connectivity index (χ2v) is 7.04. The van der Waals surface area contributed by atoms with Crippen molar-refractivity contribution in [3.05, 3.63) is 29.8 Å². The lowest BCUT2D eigenvalue weighted by atomic mass is 9.73. The summed E-state index contributed by atoms with van der Waals surface area (Å²) in [7, 11) is 1.35. The van der Waals surface area contributed by atoms with E-state index < -0.39 is 5.41 Å². The van der Waals surface area contributed by atoms with Gasteiger partial charge in [-0.3, -0.25) is 14.4 Å². The summed E-state index contributed by atoms with van der Waals surface area (Å²) in [5, 5.41) is 3.01. The predicted octanol–water partition coefficient (Wildman–Crippen LogP) is 2.62. The molecule has 0 aromatic heterocycles. The fraction of sp³-hybridized carbons (Fsp3) is 0.550. The maximum Gasteiger partial charge on any atom is 0.305 e. The Morgan fingerprint density at radius 2 is 2.08 bits per heavy atom. The van der Waals surface area contributed by atoms with E-state index in [4.69, 9.17) is 0 Å². The first-order valence-electron chi connectivity index (χ1n) is 9.31. The number of fused-ring (bicyclic) bond motifs is 2. The number of anilines is 1. The minimum absolute atomic E-state index is 0.00186. The molecule has 1 N–H and O–H groups in total. The van der Waals surface area contributed by atoms with Crippen molar-refractivity contribution in [1.29, 1.82) is 0 Å². The Morgan fingerprint density at radius 3 is 2.81 bits per heavy atom. The molecule has 26 heavy (non-hydrogen) atoms. The highest BCUT2D eigenvalue weighted by atomic mass is 16.5. The molecule has 3 rings (SSSR count). The topological polar surface area (TPSA) is 75.7 Å². The number of hydrogen-bond donors (Lipinski definition) is 1. The number of hydrogen-bond acceptors (Lipinski definition) is 4. The molecule has 1 spiro atoms. The van der Waals surface area contributed by atoms with Gasteiger partial charge in [0.2, 0.25) is 11.8 Å². The largest absolute Gasteiger partial charge is 0.469 e. The summed E-state index contributed by atoms with van der Waals surface area (Å²) >= 11 is 0. The highest BCUT2D eigenvalue weighted by Crippen LogP contribution is 2.49. The normalized spacial score (nSPS) is 23.8. The number of para-hydroxylation sites is 1. The van der Waals surface area contributed by atoms with Gasteiger partial charge in [0.25, 0.3) is 0 Å². The highest BCUT2D eigenvalue weighted by Gasteiger charge is 2.58. The first-order valence-corrected chi connectivity index (χ1v) is 9.31. The van der Waals surface area contributed by atoms with E-state index >= 15 is 0 Å². The number of benzene rings is 1. The standard InChI is InChI=1S/C20H26N2O4/c1-3-7-16-20(14-8-4-5-9-15(14)21-19(20)25)12-13-22(16)17(23)10-6-11-18(24)26-2/h4-5,8-9,16H,3,6-7,10-13H2,1-2H3,(H,21,25)/t16-,20+/m0/s1. The monoisotopic (exact) mass is 358 g/mol. The summed E-state index contributed by atoms with van der Waals surface area (Å²) in [6.07, 6.45) is 3.33. The molecule has 0 aliphatic carbocycles. The number of methoxy groups -OCH3 is 1. The average molecular weight is 358 g/mol. The minimum atomic E-state index is -0.648. The second-order valence-electron chi connectivity index (χ2n) is 7.04. The van der Waals surface area contributed by atoms with Crippen LogP contribution in [-0.4, -0.2) is 42.4 Å². The van der Waals surface area contributed by atoms with Crippen LogP contribution in [0.3, 0.4) is 0 Å². The van der Waals surface area contributed by atoms with Crippen molar-refractivity contribution < 1.29 is 19.1 Å². The summed E-state index contributed by atoms with van der Waals surface area (Å²) in [4.78, 5) is 38.9. The third kappa shape index (κ3) is 2.97. The van der Waals surface area contributed by atoms with Crippen molar-refractivity contribution in [2.75, 3.05) is 19.0 Å². The number of carbonyl (C=O) groups is 3. The number of ether oxygens (including phenoxy) is 1. The van der Waals surface area contributed by atoms with Crippen LogP contribution < -0.4 is 5.32 Å². The second kappa shape index (κ2) is 7.48. The molecule has 0 radical (unpaired) electrons. The van der Waals surface area contributed by atoms with E-state index in [0.29, 0.717) is 25.8 Å². The fourth-order valence-electron chi connectivity index (χ4n) is 4.41. The van der Waals surface area contributed by atoms with E-state index in [1.54, 1.807) is 0 Å². The maximum absolute atomic E-state index is 12.9. The number of nitrogens with one attached hydrogen (secondary N) is 1. The summed E-state index contributed by atoms with van der Waals surface area (Å²) < 4.78 is 4.63. The van der Waals surface area contributed by atoms with Gasteiger partial charge in [-0.25, -0.2) is 0 Å². The zero-order chi connectivity index (χ0) is 18.7. The van der Waals surface area contributed by atoms with Crippen LogP contribution >= 0.6 is 0 Å². The summed E-state index contributed by atoms with van der Waals surface area (Å²) in [6.45, 7) is 2.65. The van der Waals surface area contributed by atoms with Crippen LogP contribution in [0, 0.1) is 0 Å². The van der Waals surface area contributed by atoms with Gasteiger partial charge in [0.1, 0.15) is 0 Å². The van der Waals surface area contributed by atoms with E-state index in [-0.39, 0.29) is 30.2 Å². The molecule has 1 saturated heterocycles. The molecule has 0 bridgehead atoms. The van der Waals surface area contributed by atoms with Crippen LogP contribution in [0.5, 0.6) is 0 Å². The Hall–Kier alpha value is -2.37. The van der Waals surface area contributed by atoms with Gasteiger partial charge in [0, 0.05) is 25.1 Å². The molecule has 0 unspecified atom stereocenters. The van der Waals surface area contributed by atoms with E-state index in [2.05, 4.69) is 17.0 Å². The van der Waals surface area contributed by atoms with Gasteiger partial charge in [-0.15, -0.1) is 0 Å². The smallest absolute Gasteiger partial charge is 0.305 e. The number of likely N-dealkylation sites (tertiary alicyclic amines) is 1. The van der Waals surface area contributed by atoms with E-state index in [9.17, 15) is 14.4 Å². The van der Waals surface area contributed by atoms with Gasteiger partial charge in [-0.05, 0) is 30.9 Å². The molecule has 2 aliphatic heterocycles. The number of amides is 2. The van der Waals surface area contributed by atoms with Crippen molar-refractivity contribution >= 4 is 23.5 Å². The van der Waals surface area contributed by atoms with E-state index in [0.717, 1.165) is 24.1 Å². The van der Waals surface area contributed by atoms with Crippen molar-refractivity contribution in [3.8, 4) is 0 Å². The first kappa shape index (κ1) is 18.4. The molecular formula is C20H26N2O4. The Balaban J connectivity index is 1.81. The van der Waals surface area contributed by atoms with Crippen LogP contribution in [0.25, 0.3) is 0 Å². The summed E-state index contributed by atoms with van der Waals surface area (Å²) in [6, 6.07) is 7.65. The predicted molar refractivity (Wildman–Crippen MR) is 97.6 cm³/mol. The number of nitrogens with zero attached hydrogens (tertiary/aromatic N) is 1. The fourth-order valence-corrected chi connectivity index (χ4v) is 4.41. The van der Waals surface area contributed by atoms with Gasteiger partial charge in [0.05, 0.1) is 18.6 Å². The Labute approximate surface area is 153 Å². The van der Waals surface area contributed by atoms with Crippen molar-refractivity contribution in [1.82, 2.24) is 4.90 Å². The van der Waals surface area contributed by atoms with Crippen molar-refractivity contribution in [3.63, 3.8) is 0 Å². The first-order chi connectivity index (χ1) is 12.5. The minimum Gasteiger partial charge on any atom is -0.469 e. The van der Waals surface area contributed by atoms with E-state index in [1.807, 2.05) is 29.2 Å². The van der Waals surface area contributed by atoms with Crippen LogP contribution in [0.1, 0.15) is 51.0 Å². The third-order valence-corrected chi connectivity index (χ3v) is 5.63. The molecule has 2 heterocycles. The zero-order valence-corrected chi connectivity index (χ0v) is 15.4. The summed E-state index contributed by atoms with van der Waals surface area (Å²) in [5.41, 5.74) is 1.22. The Kier molecular flexibility index (Phi) is 5.30. The SMILES string of the molecule is CCC[C@@H]1N(C(=O)CCCC(=O)OC)CC[C@]12C(=O)Nc1ccccc12. The van der Waals surface area contributed by atoms with Gasteiger partial charge >= 0.3 is 5.97 Å². The molecule has 1 aromatic carbocycles. The average Bonchev–Trinajstić information content (AvgIpc) is 3.15. The quantitative estimate of drug-likeness (QED) is 0.793. The third-order valence-electron chi connectivity index (χ3n) is 5.63. The molecule has 2 amide bonds. The number of rotatable bonds is 6. The molecule has 140 valence electrons. The maximum atomic E-state index is 12.9. The van der Waals surface area contributed by atoms with Crippen LogP contribution in [-0.2, 0) is 24.5 Å². The molecule has 6 heteroatoms. The molecule has 1 fully saturated rings. The lowest BCUT2D eigenvalue weighted by Crippen LogP contribution is -2.48. The van der Waals surface area contributed by atoms with Crippen LogP contribution in [0.15, 0.2) is 24.3 Å². The van der Waals surface area contributed by atoms with E-state index in [1.165, 1.54) is 7.11 Å². The van der Waals surface area contributed by atoms with Crippen LogP contribution in [0.4, 0.5) is 5.69 Å². The molecular weight excluding hydrogens is 332 g/mol. The van der Waals surface area contributed by atoms with Crippen LogP contribution in [0.2, 0.25) is 0 Å².